The number of rotatable bonds is 6. The van der Waals surface area contributed by atoms with Crippen molar-refractivity contribution in [2.75, 3.05) is 6.54 Å². The number of carbonyl (C=O) groups excluding carboxylic acids is 2. The molecule has 1 aliphatic heterocycles. The molecule has 0 spiro atoms. The van der Waals surface area contributed by atoms with Crippen molar-refractivity contribution in [3.8, 4) is 0 Å². The zero-order chi connectivity index (χ0) is 22.7. The SMILES string of the molecule is CCCCC(CC)CN1C(=O)c2ccc3c4cccc5cccc(c6ccc(c2c36)C1=O)c54. The second-order valence-corrected chi connectivity index (χ2v) is 9.42. The van der Waals surface area contributed by atoms with E-state index in [0.29, 0.717) is 23.6 Å². The van der Waals surface area contributed by atoms with Crippen molar-refractivity contribution in [2.24, 2.45) is 5.92 Å². The predicted octanol–water partition coefficient (Wildman–Crippen LogP) is 7.55. The van der Waals surface area contributed by atoms with Gasteiger partial charge in [0.2, 0.25) is 0 Å². The van der Waals surface area contributed by atoms with Crippen LogP contribution in [-0.2, 0) is 0 Å². The first-order chi connectivity index (χ1) is 16.1. The molecule has 0 saturated heterocycles. The Labute approximate surface area is 193 Å². The van der Waals surface area contributed by atoms with Crippen LogP contribution in [0, 0.1) is 5.92 Å². The third kappa shape index (κ3) is 2.81. The summed E-state index contributed by atoms with van der Waals surface area (Å²) in [5.41, 5.74) is 1.31. The highest BCUT2D eigenvalue weighted by Gasteiger charge is 2.35. The van der Waals surface area contributed by atoms with Gasteiger partial charge in [0.25, 0.3) is 11.8 Å². The molecule has 1 atom stereocenters. The lowest BCUT2D eigenvalue weighted by Crippen LogP contribution is -2.43. The molecule has 0 aliphatic carbocycles. The standard InChI is InChI=1S/C30H27NO2/c1-3-5-8-18(4-2)17-31-29(32)24-15-13-22-20-11-6-9-19-10-7-12-21(26(19)20)23-14-16-25(30(31)33)28(24)27(22)23/h6-7,9-16,18H,3-5,8,17H2,1-2H3. The van der Waals surface area contributed by atoms with E-state index in [0.717, 1.165) is 47.2 Å². The molecule has 0 saturated carbocycles. The molecule has 1 unspecified atom stereocenters. The monoisotopic (exact) mass is 433 g/mol. The summed E-state index contributed by atoms with van der Waals surface area (Å²) in [7, 11) is 0. The maximum atomic E-state index is 13.6. The molecule has 3 heteroatoms. The highest BCUT2D eigenvalue weighted by atomic mass is 16.2. The Morgan fingerprint density at radius 3 is 1.82 bits per heavy atom. The lowest BCUT2D eigenvalue weighted by Gasteiger charge is -2.31. The average Bonchev–Trinajstić information content (AvgIpc) is 2.85. The van der Waals surface area contributed by atoms with Gasteiger partial charge in [0.15, 0.2) is 0 Å². The average molecular weight is 434 g/mol. The number of carbonyl (C=O) groups is 2. The first-order valence-electron chi connectivity index (χ1n) is 12.1. The molecule has 1 heterocycles. The molecule has 0 bridgehead atoms. The molecule has 33 heavy (non-hydrogen) atoms. The largest absolute Gasteiger partial charge is 0.274 e. The van der Waals surface area contributed by atoms with Gasteiger partial charge in [0.1, 0.15) is 0 Å². The van der Waals surface area contributed by atoms with Crippen LogP contribution in [0.5, 0.6) is 0 Å². The van der Waals surface area contributed by atoms with Gasteiger partial charge in [0, 0.05) is 23.1 Å². The third-order valence-corrected chi connectivity index (χ3v) is 7.58. The van der Waals surface area contributed by atoms with Crippen molar-refractivity contribution in [1.29, 1.82) is 0 Å². The zero-order valence-electron chi connectivity index (χ0n) is 19.2. The molecule has 3 nitrogen and oxygen atoms in total. The second-order valence-electron chi connectivity index (χ2n) is 9.42. The molecule has 6 rings (SSSR count). The summed E-state index contributed by atoms with van der Waals surface area (Å²) < 4.78 is 0. The highest BCUT2D eigenvalue weighted by molar-refractivity contribution is 6.38. The number of hydrogen-bond acceptors (Lipinski definition) is 2. The van der Waals surface area contributed by atoms with Gasteiger partial charge in [-0.3, -0.25) is 14.5 Å². The van der Waals surface area contributed by atoms with Crippen LogP contribution in [0.25, 0.3) is 43.1 Å². The van der Waals surface area contributed by atoms with Crippen LogP contribution in [0.3, 0.4) is 0 Å². The predicted molar refractivity (Wildman–Crippen MR) is 136 cm³/mol. The van der Waals surface area contributed by atoms with Gasteiger partial charge < -0.3 is 0 Å². The molecule has 5 aromatic carbocycles. The maximum absolute atomic E-state index is 13.6. The van der Waals surface area contributed by atoms with Gasteiger partial charge in [-0.15, -0.1) is 0 Å². The zero-order valence-corrected chi connectivity index (χ0v) is 19.2. The molecule has 5 aromatic rings. The van der Waals surface area contributed by atoms with Crippen LogP contribution < -0.4 is 0 Å². The fourth-order valence-corrected chi connectivity index (χ4v) is 5.82. The van der Waals surface area contributed by atoms with E-state index in [4.69, 9.17) is 0 Å². The van der Waals surface area contributed by atoms with Crippen molar-refractivity contribution in [1.82, 2.24) is 4.90 Å². The number of unbranched alkanes of at least 4 members (excludes halogenated alkanes) is 1. The van der Waals surface area contributed by atoms with Gasteiger partial charge >= 0.3 is 0 Å². The molecule has 164 valence electrons. The van der Waals surface area contributed by atoms with E-state index >= 15 is 0 Å². The number of imide groups is 1. The Morgan fingerprint density at radius 1 is 0.697 bits per heavy atom. The Bertz CT molecular complexity index is 1460. The van der Waals surface area contributed by atoms with Crippen LogP contribution in [-0.4, -0.2) is 23.3 Å². The van der Waals surface area contributed by atoms with E-state index in [1.54, 1.807) is 0 Å². The van der Waals surface area contributed by atoms with Crippen molar-refractivity contribution in [3.63, 3.8) is 0 Å². The normalized spacial score (nSPS) is 14.9. The first kappa shape index (κ1) is 20.2. The topological polar surface area (TPSA) is 37.4 Å². The quantitative estimate of drug-likeness (QED) is 0.157. The lowest BCUT2D eigenvalue weighted by molar-refractivity contribution is 0.0580. The minimum Gasteiger partial charge on any atom is -0.274 e. The Morgan fingerprint density at radius 2 is 1.27 bits per heavy atom. The van der Waals surface area contributed by atoms with Gasteiger partial charge in [0.05, 0.1) is 0 Å². The summed E-state index contributed by atoms with van der Waals surface area (Å²) in [6.45, 7) is 4.83. The molecular formula is C30H27NO2. The fourth-order valence-electron chi connectivity index (χ4n) is 5.82. The Hall–Kier alpha value is -3.46. The first-order valence-corrected chi connectivity index (χ1v) is 12.1. The summed E-state index contributed by atoms with van der Waals surface area (Å²) in [6, 6.07) is 20.8. The van der Waals surface area contributed by atoms with Gasteiger partial charge in [-0.1, -0.05) is 81.6 Å². The van der Waals surface area contributed by atoms with E-state index in [1.807, 2.05) is 12.1 Å². The summed E-state index contributed by atoms with van der Waals surface area (Å²) in [4.78, 5) is 28.7. The van der Waals surface area contributed by atoms with Crippen LogP contribution in [0.1, 0.15) is 60.2 Å². The number of nitrogens with zero attached hydrogens (tertiary/aromatic N) is 1. The molecule has 0 radical (unpaired) electrons. The van der Waals surface area contributed by atoms with Gasteiger partial charge in [-0.05, 0) is 62.2 Å². The smallest absolute Gasteiger partial charge is 0.261 e. The minimum atomic E-state index is -0.150. The van der Waals surface area contributed by atoms with Crippen molar-refractivity contribution < 1.29 is 9.59 Å². The van der Waals surface area contributed by atoms with E-state index in [-0.39, 0.29) is 11.8 Å². The number of fused-ring (bicyclic) bond motifs is 2. The second kappa shape index (κ2) is 7.55. The summed E-state index contributed by atoms with van der Waals surface area (Å²) in [6.07, 6.45) is 4.27. The summed E-state index contributed by atoms with van der Waals surface area (Å²) in [5, 5.41) is 8.88. The molecule has 0 N–H and O–H groups in total. The summed E-state index contributed by atoms with van der Waals surface area (Å²) >= 11 is 0. The molecule has 1 aliphatic rings. The third-order valence-electron chi connectivity index (χ3n) is 7.58. The molecule has 0 fully saturated rings. The van der Waals surface area contributed by atoms with Crippen LogP contribution in [0.2, 0.25) is 0 Å². The van der Waals surface area contributed by atoms with E-state index in [2.05, 4.69) is 62.4 Å². The maximum Gasteiger partial charge on any atom is 0.261 e. The van der Waals surface area contributed by atoms with E-state index in [1.165, 1.54) is 26.4 Å². The highest BCUT2D eigenvalue weighted by Crippen LogP contribution is 2.43. The number of amides is 2. The van der Waals surface area contributed by atoms with Crippen LogP contribution in [0.4, 0.5) is 0 Å². The van der Waals surface area contributed by atoms with Gasteiger partial charge in [-0.2, -0.15) is 0 Å². The van der Waals surface area contributed by atoms with E-state index in [9.17, 15) is 9.59 Å². The number of benzene rings is 5. The van der Waals surface area contributed by atoms with Crippen molar-refractivity contribution >= 4 is 54.9 Å². The lowest BCUT2D eigenvalue weighted by atomic mass is 9.84. The Kier molecular flexibility index (Phi) is 4.62. The fraction of sp³-hybridized carbons (Fsp3) is 0.267. The molecule has 0 aromatic heterocycles. The Balaban J connectivity index is 1.60. The van der Waals surface area contributed by atoms with Crippen molar-refractivity contribution in [2.45, 2.75) is 39.5 Å². The minimum absolute atomic E-state index is 0.150. The van der Waals surface area contributed by atoms with Gasteiger partial charge in [-0.25, -0.2) is 0 Å². The van der Waals surface area contributed by atoms with E-state index < -0.39 is 0 Å². The van der Waals surface area contributed by atoms with Crippen LogP contribution >= 0.6 is 0 Å². The van der Waals surface area contributed by atoms with Crippen molar-refractivity contribution in [3.05, 3.63) is 71.8 Å². The summed E-state index contributed by atoms with van der Waals surface area (Å²) in [5.74, 6) is 0.0447. The molecular weight excluding hydrogens is 406 g/mol. The van der Waals surface area contributed by atoms with Crippen LogP contribution in [0.15, 0.2) is 60.7 Å². The number of hydrogen-bond donors (Lipinski definition) is 0. The molecule has 2 amide bonds.